The Morgan fingerprint density at radius 3 is 2.88 bits per heavy atom. The maximum Gasteiger partial charge on any atom is 0.138 e. The minimum atomic E-state index is -0.438. The van der Waals surface area contributed by atoms with Gasteiger partial charge in [0.1, 0.15) is 12.2 Å². The van der Waals surface area contributed by atoms with E-state index in [1.165, 1.54) is 6.33 Å². The van der Waals surface area contributed by atoms with Crippen LogP contribution in [0, 0.1) is 0 Å². The molecule has 0 bridgehead atoms. The van der Waals surface area contributed by atoms with E-state index < -0.39 is 6.10 Å². The summed E-state index contributed by atoms with van der Waals surface area (Å²) in [5.74, 6) is 0.799. The Hall–Kier alpha value is -1.20. The number of benzene rings is 1. The van der Waals surface area contributed by atoms with Crippen molar-refractivity contribution in [1.82, 2.24) is 14.8 Å². The zero-order chi connectivity index (χ0) is 12.3. The maximum atomic E-state index is 9.99. The first-order valence-electron chi connectivity index (χ1n) is 5.40. The van der Waals surface area contributed by atoms with E-state index in [0.717, 1.165) is 15.9 Å². The van der Waals surface area contributed by atoms with Crippen LogP contribution in [0.25, 0.3) is 0 Å². The summed E-state index contributed by atoms with van der Waals surface area (Å²) in [5, 5.41) is 14.0. The Morgan fingerprint density at radius 2 is 2.24 bits per heavy atom. The second kappa shape index (κ2) is 5.42. The van der Waals surface area contributed by atoms with Gasteiger partial charge in [-0.1, -0.05) is 28.1 Å². The number of halogens is 1. The largest absolute Gasteiger partial charge is 0.392 e. The van der Waals surface area contributed by atoms with E-state index in [0.29, 0.717) is 12.8 Å². The molecule has 1 aromatic heterocycles. The molecule has 0 amide bonds. The van der Waals surface area contributed by atoms with E-state index >= 15 is 0 Å². The first kappa shape index (κ1) is 12.3. The zero-order valence-corrected chi connectivity index (χ0v) is 11.1. The van der Waals surface area contributed by atoms with Gasteiger partial charge in [0.15, 0.2) is 0 Å². The van der Waals surface area contributed by atoms with Gasteiger partial charge in [-0.3, -0.25) is 4.68 Å². The molecule has 2 rings (SSSR count). The van der Waals surface area contributed by atoms with Crippen molar-refractivity contribution in [2.45, 2.75) is 18.9 Å². The average Bonchev–Trinajstić information content (AvgIpc) is 2.64. The normalized spacial score (nSPS) is 12.6. The lowest BCUT2D eigenvalue weighted by Crippen LogP contribution is -2.16. The number of aliphatic hydroxyl groups is 1. The molecule has 0 aliphatic carbocycles. The fraction of sp³-hybridized carbons (Fsp3) is 0.333. The van der Waals surface area contributed by atoms with Crippen LogP contribution in [0.15, 0.2) is 35.1 Å². The molecule has 0 aliphatic rings. The Kier molecular flexibility index (Phi) is 3.91. The lowest BCUT2D eigenvalue weighted by Gasteiger charge is -2.10. The molecular formula is C12H14BrN3O. The molecule has 0 saturated carbocycles. The van der Waals surface area contributed by atoms with Crippen molar-refractivity contribution in [3.05, 3.63) is 46.5 Å². The molecule has 17 heavy (non-hydrogen) atoms. The summed E-state index contributed by atoms with van der Waals surface area (Å²) >= 11 is 3.42. The van der Waals surface area contributed by atoms with E-state index in [2.05, 4.69) is 26.0 Å². The lowest BCUT2D eigenvalue weighted by molar-refractivity contribution is 0.171. The van der Waals surface area contributed by atoms with Gasteiger partial charge in [0.25, 0.3) is 0 Å². The topological polar surface area (TPSA) is 50.9 Å². The number of rotatable bonds is 4. The summed E-state index contributed by atoms with van der Waals surface area (Å²) in [4.78, 5) is 4.10. The van der Waals surface area contributed by atoms with Gasteiger partial charge in [0.2, 0.25) is 0 Å². The number of aromatic nitrogens is 3. The molecule has 0 radical (unpaired) electrons. The summed E-state index contributed by atoms with van der Waals surface area (Å²) in [6.07, 6.45) is 2.20. The molecule has 90 valence electrons. The van der Waals surface area contributed by atoms with Crippen molar-refractivity contribution < 1.29 is 5.11 Å². The van der Waals surface area contributed by atoms with Crippen LogP contribution in [0.3, 0.4) is 0 Å². The van der Waals surface area contributed by atoms with E-state index in [1.807, 2.05) is 31.3 Å². The molecule has 1 heterocycles. The van der Waals surface area contributed by atoms with Gasteiger partial charge < -0.3 is 5.11 Å². The van der Waals surface area contributed by atoms with E-state index in [1.54, 1.807) is 4.68 Å². The van der Waals surface area contributed by atoms with Crippen molar-refractivity contribution >= 4 is 15.9 Å². The maximum absolute atomic E-state index is 9.99. The smallest absolute Gasteiger partial charge is 0.138 e. The van der Waals surface area contributed by atoms with Gasteiger partial charge in [0.05, 0.1) is 6.10 Å². The second-order valence-electron chi connectivity index (χ2n) is 3.99. The molecule has 0 spiro atoms. The van der Waals surface area contributed by atoms with Gasteiger partial charge in [0, 0.05) is 17.9 Å². The fourth-order valence-electron chi connectivity index (χ4n) is 1.72. The van der Waals surface area contributed by atoms with Crippen LogP contribution in [-0.2, 0) is 19.9 Å². The highest BCUT2D eigenvalue weighted by molar-refractivity contribution is 9.10. The molecule has 5 heteroatoms. The molecule has 1 aromatic carbocycles. The molecule has 0 saturated heterocycles. The van der Waals surface area contributed by atoms with Crippen LogP contribution in [0.4, 0.5) is 0 Å². The standard InChI is InChI=1S/C12H14BrN3O/c1-16-12(14-8-15-16)7-11(17)6-9-3-2-4-10(13)5-9/h2-5,8,11,17H,6-7H2,1H3. The van der Waals surface area contributed by atoms with Gasteiger partial charge in [-0.05, 0) is 24.1 Å². The quantitative estimate of drug-likeness (QED) is 0.934. The molecular weight excluding hydrogens is 282 g/mol. The molecule has 2 aromatic rings. The molecule has 0 fully saturated rings. The summed E-state index contributed by atoms with van der Waals surface area (Å²) in [5.41, 5.74) is 1.11. The van der Waals surface area contributed by atoms with Gasteiger partial charge in [-0.25, -0.2) is 4.98 Å². The van der Waals surface area contributed by atoms with Crippen LogP contribution in [0.1, 0.15) is 11.4 Å². The predicted octanol–water partition coefficient (Wildman–Crippen LogP) is 1.72. The minimum absolute atomic E-state index is 0.438. The second-order valence-corrected chi connectivity index (χ2v) is 4.91. The number of aliphatic hydroxyl groups excluding tert-OH is 1. The van der Waals surface area contributed by atoms with Crippen LogP contribution >= 0.6 is 15.9 Å². The van der Waals surface area contributed by atoms with Crippen LogP contribution in [-0.4, -0.2) is 26.0 Å². The number of aryl methyl sites for hydroxylation is 1. The predicted molar refractivity (Wildman–Crippen MR) is 68.6 cm³/mol. The molecule has 1 N–H and O–H groups in total. The van der Waals surface area contributed by atoms with Gasteiger partial charge >= 0.3 is 0 Å². The Labute approximate surface area is 108 Å². The first-order valence-corrected chi connectivity index (χ1v) is 6.20. The van der Waals surface area contributed by atoms with E-state index in [9.17, 15) is 5.11 Å². The molecule has 1 unspecified atom stereocenters. The average molecular weight is 296 g/mol. The van der Waals surface area contributed by atoms with Crippen LogP contribution in [0.2, 0.25) is 0 Å². The lowest BCUT2D eigenvalue weighted by atomic mass is 10.1. The van der Waals surface area contributed by atoms with Gasteiger partial charge in [-0.15, -0.1) is 0 Å². The summed E-state index contributed by atoms with van der Waals surface area (Å²) in [6, 6.07) is 7.96. The third-order valence-electron chi connectivity index (χ3n) is 2.58. The monoisotopic (exact) mass is 295 g/mol. The summed E-state index contributed by atoms with van der Waals surface area (Å²) < 4.78 is 2.71. The van der Waals surface area contributed by atoms with E-state index in [4.69, 9.17) is 0 Å². The number of hydrogen-bond acceptors (Lipinski definition) is 3. The first-order chi connectivity index (χ1) is 8.15. The molecule has 4 nitrogen and oxygen atoms in total. The Bertz CT molecular complexity index is 498. The van der Waals surface area contributed by atoms with Gasteiger partial charge in [-0.2, -0.15) is 5.10 Å². The van der Waals surface area contributed by atoms with Crippen LogP contribution in [0.5, 0.6) is 0 Å². The zero-order valence-electron chi connectivity index (χ0n) is 9.55. The highest BCUT2D eigenvalue weighted by atomic mass is 79.9. The van der Waals surface area contributed by atoms with Crippen molar-refractivity contribution in [2.75, 3.05) is 0 Å². The Morgan fingerprint density at radius 1 is 1.41 bits per heavy atom. The SMILES string of the molecule is Cn1ncnc1CC(O)Cc1cccc(Br)c1. The highest BCUT2D eigenvalue weighted by Gasteiger charge is 2.10. The molecule has 0 aliphatic heterocycles. The highest BCUT2D eigenvalue weighted by Crippen LogP contribution is 2.14. The number of hydrogen-bond donors (Lipinski definition) is 1. The number of nitrogens with zero attached hydrogens (tertiary/aromatic N) is 3. The summed E-state index contributed by atoms with van der Waals surface area (Å²) in [6.45, 7) is 0. The van der Waals surface area contributed by atoms with Crippen molar-refractivity contribution in [3.8, 4) is 0 Å². The molecule has 1 atom stereocenters. The summed E-state index contributed by atoms with van der Waals surface area (Å²) in [7, 11) is 1.83. The minimum Gasteiger partial charge on any atom is -0.392 e. The van der Waals surface area contributed by atoms with E-state index in [-0.39, 0.29) is 0 Å². The van der Waals surface area contributed by atoms with Crippen molar-refractivity contribution in [3.63, 3.8) is 0 Å². The fourth-order valence-corrected chi connectivity index (χ4v) is 2.17. The van der Waals surface area contributed by atoms with Crippen LogP contribution < -0.4 is 0 Å². The Balaban J connectivity index is 1.98. The van der Waals surface area contributed by atoms with Crippen molar-refractivity contribution in [2.24, 2.45) is 7.05 Å². The van der Waals surface area contributed by atoms with Crippen molar-refractivity contribution in [1.29, 1.82) is 0 Å². The third-order valence-corrected chi connectivity index (χ3v) is 3.08. The third kappa shape index (κ3) is 3.38.